The minimum Gasteiger partial charge on any atom is -0.320 e. The van der Waals surface area contributed by atoms with Crippen molar-refractivity contribution in [3.8, 4) is 11.8 Å². The quantitative estimate of drug-likeness (QED) is 0.829. The first-order valence-corrected chi connectivity index (χ1v) is 6.33. The van der Waals surface area contributed by atoms with E-state index in [1.54, 1.807) is 25.3 Å². The van der Waals surface area contributed by atoms with Gasteiger partial charge in [0.15, 0.2) is 0 Å². The number of carbonyl (C=O) groups is 1. The van der Waals surface area contributed by atoms with E-state index in [9.17, 15) is 9.18 Å². The highest BCUT2D eigenvalue weighted by Gasteiger charge is 2.13. The molecule has 106 valence electrons. The van der Waals surface area contributed by atoms with Crippen LogP contribution in [0.3, 0.4) is 0 Å². The van der Waals surface area contributed by atoms with Gasteiger partial charge in [-0.1, -0.05) is 11.8 Å². The first-order chi connectivity index (χ1) is 10.1. The van der Waals surface area contributed by atoms with Gasteiger partial charge in [-0.25, -0.2) is 4.39 Å². The fourth-order valence-corrected chi connectivity index (χ4v) is 1.74. The van der Waals surface area contributed by atoms with Gasteiger partial charge in [-0.05, 0) is 37.3 Å². The van der Waals surface area contributed by atoms with Gasteiger partial charge < -0.3 is 11.1 Å². The van der Waals surface area contributed by atoms with Crippen LogP contribution in [0.25, 0.3) is 0 Å². The zero-order chi connectivity index (χ0) is 15.2. The molecule has 1 amide bonds. The molecule has 0 aliphatic heterocycles. The molecular formula is C16H14FN3O. The number of halogens is 1. The number of nitrogens with two attached hydrogens (primary N) is 1. The minimum absolute atomic E-state index is 0.0675. The van der Waals surface area contributed by atoms with E-state index < -0.39 is 11.7 Å². The van der Waals surface area contributed by atoms with Crippen LogP contribution in [-0.4, -0.2) is 17.4 Å². The molecule has 0 fully saturated rings. The van der Waals surface area contributed by atoms with Crippen LogP contribution in [-0.2, 0) is 0 Å². The molecule has 21 heavy (non-hydrogen) atoms. The number of hydrogen-bond donors (Lipinski definition) is 2. The highest BCUT2D eigenvalue weighted by Crippen LogP contribution is 2.15. The fourth-order valence-electron chi connectivity index (χ4n) is 1.74. The molecule has 1 aromatic carbocycles. The van der Waals surface area contributed by atoms with Gasteiger partial charge >= 0.3 is 0 Å². The van der Waals surface area contributed by atoms with E-state index in [0.717, 1.165) is 0 Å². The van der Waals surface area contributed by atoms with Crippen LogP contribution in [0.2, 0.25) is 0 Å². The standard InChI is InChI=1S/C16H14FN3O/c1-11-15(5-3-9-19-11)20-16(21)13-10-12(4-2-8-18)6-7-14(13)17/h3,5-7,9-10H,8,18H2,1H3,(H,20,21). The SMILES string of the molecule is Cc1ncccc1NC(=O)c1cc(C#CCN)ccc1F. The van der Waals surface area contributed by atoms with Crippen LogP contribution in [0.4, 0.5) is 10.1 Å². The molecule has 0 atom stereocenters. The van der Waals surface area contributed by atoms with Gasteiger partial charge in [0.1, 0.15) is 5.82 Å². The van der Waals surface area contributed by atoms with E-state index in [1.165, 1.54) is 18.2 Å². The Morgan fingerprint density at radius 2 is 2.24 bits per heavy atom. The van der Waals surface area contributed by atoms with Crippen molar-refractivity contribution in [2.24, 2.45) is 5.73 Å². The molecule has 0 unspecified atom stereocenters. The van der Waals surface area contributed by atoms with Crippen molar-refractivity contribution >= 4 is 11.6 Å². The number of nitrogens with one attached hydrogen (secondary N) is 1. The van der Waals surface area contributed by atoms with Gasteiger partial charge in [0.05, 0.1) is 23.5 Å². The highest BCUT2D eigenvalue weighted by atomic mass is 19.1. The van der Waals surface area contributed by atoms with Crippen molar-refractivity contribution in [2.45, 2.75) is 6.92 Å². The third-order valence-electron chi connectivity index (χ3n) is 2.80. The molecule has 0 spiro atoms. The second-order valence-corrected chi connectivity index (χ2v) is 4.29. The van der Waals surface area contributed by atoms with E-state index in [-0.39, 0.29) is 12.1 Å². The summed E-state index contributed by atoms with van der Waals surface area (Å²) >= 11 is 0. The van der Waals surface area contributed by atoms with E-state index in [4.69, 9.17) is 5.73 Å². The van der Waals surface area contributed by atoms with E-state index in [1.807, 2.05) is 0 Å². The molecule has 0 radical (unpaired) electrons. The molecule has 1 aromatic heterocycles. The van der Waals surface area contributed by atoms with Gasteiger partial charge in [-0.2, -0.15) is 0 Å². The zero-order valence-corrected chi connectivity index (χ0v) is 11.5. The topological polar surface area (TPSA) is 68.0 Å². The maximum absolute atomic E-state index is 13.8. The van der Waals surface area contributed by atoms with Crippen molar-refractivity contribution < 1.29 is 9.18 Å². The van der Waals surface area contributed by atoms with Gasteiger partial charge in [0.25, 0.3) is 5.91 Å². The summed E-state index contributed by atoms with van der Waals surface area (Å²) in [5.41, 5.74) is 6.96. The summed E-state index contributed by atoms with van der Waals surface area (Å²) in [6.07, 6.45) is 1.62. The lowest BCUT2D eigenvalue weighted by atomic mass is 10.1. The lowest BCUT2D eigenvalue weighted by Crippen LogP contribution is -2.15. The number of nitrogens with zero attached hydrogens (tertiary/aromatic N) is 1. The molecule has 0 aliphatic carbocycles. The largest absolute Gasteiger partial charge is 0.320 e. The van der Waals surface area contributed by atoms with Gasteiger partial charge in [-0.3, -0.25) is 9.78 Å². The average molecular weight is 283 g/mol. The Balaban J connectivity index is 2.28. The Bertz CT molecular complexity index is 732. The Morgan fingerprint density at radius 3 is 2.95 bits per heavy atom. The van der Waals surface area contributed by atoms with Crippen LogP contribution in [0.15, 0.2) is 36.5 Å². The summed E-state index contributed by atoms with van der Waals surface area (Å²) < 4.78 is 13.8. The van der Waals surface area contributed by atoms with E-state index >= 15 is 0 Å². The van der Waals surface area contributed by atoms with Crippen LogP contribution >= 0.6 is 0 Å². The highest BCUT2D eigenvalue weighted by molar-refractivity contribution is 6.04. The lowest BCUT2D eigenvalue weighted by Gasteiger charge is -2.08. The molecule has 3 N–H and O–H groups in total. The molecule has 0 saturated heterocycles. The van der Waals surface area contributed by atoms with E-state index in [2.05, 4.69) is 22.1 Å². The third-order valence-corrected chi connectivity index (χ3v) is 2.80. The number of anilines is 1. The number of carbonyl (C=O) groups excluding carboxylic acids is 1. The lowest BCUT2D eigenvalue weighted by molar-refractivity contribution is 0.102. The fraction of sp³-hybridized carbons (Fsp3) is 0.125. The molecular weight excluding hydrogens is 269 g/mol. The maximum atomic E-state index is 13.8. The van der Waals surface area contributed by atoms with E-state index in [0.29, 0.717) is 16.9 Å². The first kappa shape index (κ1) is 14.7. The van der Waals surface area contributed by atoms with Crippen LogP contribution in [0, 0.1) is 24.6 Å². The van der Waals surface area contributed by atoms with Gasteiger partial charge in [0, 0.05) is 11.8 Å². The second kappa shape index (κ2) is 6.64. The molecule has 5 heteroatoms. The predicted octanol–water partition coefficient (Wildman–Crippen LogP) is 2.09. The smallest absolute Gasteiger partial charge is 0.258 e. The summed E-state index contributed by atoms with van der Waals surface area (Å²) in [5, 5.41) is 2.64. The van der Waals surface area contributed by atoms with Crippen molar-refractivity contribution in [1.82, 2.24) is 4.98 Å². The van der Waals surface area contributed by atoms with Crippen LogP contribution in [0.5, 0.6) is 0 Å². The molecule has 0 bridgehead atoms. The number of aryl methyl sites for hydroxylation is 1. The Hall–Kier alpha value is -2.71. The number of hydrogen-bond acceptors (Lipinski definition) is 3. The molecule has 2 rings (SSSR count). The van der Waals surface area contributed by atoms with Gasteiger partial charge in [-0.15, -0.1) is 0 Å². The average Bonchev–Trinajstić information content (AvgIpc) is 2.48. The van der Waals surface area contributed by atoms with Crippen molar-refractivity contribution in [3.63, 3.8) is 0 Å². The minimum atomic E-state index is -0.604. The van der Waals surface area contributed by atoms with Gasteiger partial charge in [0.2, 0.25) is 0 Å². The number of amides is 1. The molecule has 1 heterocycles. The second-order valence-electron chi connectivity index (χ2n) is 4.29. The summed E-state index contributed by atoms with van der Waals surface area (Å²) in [6, 6.07) is 7.52. The zero-order valence-electron chi connectivity index (χ0n) is 11.5. The summed E-state index contributed by atoms with van der Waals surface area (Å²) in [4.78, 5) is 16.2. The van der Waals surface area contributed by atoms with Crippen LogP contribution in [0.1, 0.15) is 21.6 Å². The summed E-state index contributed by atoms with van der Waals surface area (Å²) in [5.74, 6) is 4.28. The number of benzene rings is 1. The maximum Gasteiger partial charge on any atom is 0.258 e. The van der Waals surface area contributed by atoms with Crippen molar-refractivity contribution in [1.29, 1.82) is 0 Å². The summed E-state index contributed by atoms with van der Waals surface area (Å²) in [6.45, 7) is 1.96. The number of aromatic nitrogens is 1. The first-order valence-electron chi connectivity index (χ1n) is 6.33. The number of rotatable bonds is 2. The third kappa shape index (κ3) is 3.65. The molecule has 2 aromatic rings. The molecule has 0 aliphatic rings. The Morgan fingerprint density at radius 1 is 1.43 bits per heavy atom. The Labute approximate surface area is 122 Å². The van der Waals surface area contributed by atoms with Crippen molar-refractivity contribution in [2.75, 3.05) is 11.9 Å². The predicted molar refractivity (Wildman–Crippen MR) is 79.3 cm³/mol. The molecule has 4 nitrogen and oxygen atoms in total. The Kier molecular flexibility index (Phi) is 4.64. The molecule has 0 saturated carbocycles. The monoisotopic (exact) mass is 283 g/mol. The normalized spacial score (nSPS) is 9.67. The number of pyridine rings is 1. The summed E-state index contributed by atoms with van der Waals surface area (Å²) in [7, 11) is 0. The van der Waals surface area contributed by atoms with Crippen molar-refractivity contribution in [3.05, 3.63) is 59.2 Å². The van der Waals surface area contributed by atoms with Crippen LogP contribution < -0.4 is 11.1 Å².